The van der Waals surface area contributed by atoms with Gasteiger partial charge in [0.05, 0.1) is 24.5 Å². The summed E-state index contributed by atoms with van der Waals surface area (Å²) in [5, 5.41) is 8.07. The Hall–Kier alpha value is -3.77. The van der Waals surface area contributed by atoms with Gasteiger partial charge in [-0.25, -0.2) is 28.7 Å². The van der Waals surface area contributed by atoms with Crippen molar-refractivity contribution in [2.75, 3.05) is 11.1 Å². The van der Waals surface area contributed by atoms with Gasteiger partial charge in [0.1, 0.15) is 23.8 Å². The lowest BCUT2D eigenvalue weighted by atomic mass is 10.0. The molecule has 0 amide bonds. The Labute approximate surface area is 170 Å². The molecule has 8 nitrogen and oxygen atoms in total. The fourth-order valence-corrected chi connectivity index (χ4v) is 3.16. The molecule has 0 spiro atoms. The molecule has 0 radical (unpaired) electrons. The number of nitrogen functional groups attached to an aromatic ring is 1. The van der Waals surface area contributed by atoms with Crippen molar-refractivity contribution in [3.8, 4) is 11.3 Å². The van der Waals surface area contributed by atoms with Crippen LogP contribution in [0.25, 0.3) is 21.7 Å². The number of nitrogens with one attached hydrogen (secondary N) is 1. The highest BCUT2D eigenvalue weighted by atomic mass is 35.5. The van der Waals surface area contributed by atoms with E-state index in [9.17, 15) is 4.39 Å². The second kappa shape index (κ2) is 7.33. The molecule has 0 bridgehead atoms. The second-order valence-corrected chi connectivity index (χ2v) is 6.63. The number of anilines is 2. The summed E-state index contributed by atoms with van der Waals surface area (Å²) in [6, 6.07) is 7.55. The zero-order valence-electron chi connectivity index (χ0n) is 15.1. The zero-order chi connectivity index (χ0) is 20.5. The van der Waals surface area contributed by atoms with Crippen molar-refractivity contribution in [1.29, 1.82) is 0 Å². The van der Waals surface area contributed by atoms with Crippen LogP contribution in [0.4, 0.5) is 21.7 Å². The number of imidazole rings is 1. The number of nitrogens with zero attached hydrogens (tertiary/aromatic N) is 6. The molecule has 0 saturated carbocycles. The number of fused-ring (bicyclic) bond motifs is 1. The van der Waals surface area contributed by atoms with E-state index in [1.165, 1.54) is 29.2 Å². The van der Waals surface area contributed by atoms with Crippen LogP contribution >= 0.6 is 11.6 Å². The number of benzene rings is 1. The van der Waals surface area contributed by atoms with E-state index >= 15 is 0 Å². The summed E-state index contributed by atoms with van der Waals surface area (Å²) in [6.45, 7) is 9.20. The molecule has 0 unspecified atom stereocenters. The second-order valence-electron chi connectivity index (χ2n) is 6.24. The Bertz CT molecular complexity index is 1260. The van der Waals surface area contributed by atoms with Crippen LogP contribution in [-0.4, -0.2) is 24.6 Å². The fraction of sp³-hybridized carbons (Fsp3) is 0.105. The molecule has 3 aromatic heterocycles. The molecule has 10 heteroatoms. The summed E-state index contributed by atoms with van der Waals surface area (Å²) in [5.41, 5.74) is 8.25. The molecule has 0 aliphatic carbocycles. The summed E-state index contributed by atoms with van der Waals surface area (Å²) < 4.78 is 15.3. The lowest BCUT2D eigenvalue weighted by molar-refractivity contribution is 0.628. The third kappa shape index (κ3) is 3.41. The summed E-state index contributed by atoms with van der Waals surface area (Å²) >= 11 is 6.17. The average molecular weight is 409 g/mol. The number of rotatable bonds is 4. The molecule has 144 valence electrons. The first-order chi connectivity index (χ1) is 14.0. The van der Waals surface area contributed by atoms with E-state index in [2.05, 4.69) is 30.2 Å². The highest BCUT2D eigenvalue weighted by molar-refractivity contribution is 6.29. The smallest absolute Gasteiger partial charge is 0.268 e. The zero-order valence-corrected chi connectivity index (χ0v) is 15.9. The maximum absolute atomic E-state index is 13.9. The van der Waals surface area contributed by atoms with Gasteiger partial charge in [-0.15, -0.1) is 0 Å². The molecular formula is C19H14ClFN8. The van der Waals surface area contributed by atoms with Crippen molar-refractivity contribution in [3.05, 3.63) is 70.8 Å². The fourth-order valence-electron chi connectivity index (χ4n) is 2.98. The third-order valence-corrected chi connectivity index (χ3v) is 4.62. The Morgan fingerprint density at radius 2 is 2.10 bits per heavy atom. The van der Waals surface area contributed by atoms with Crippen molar-refractivity contribution >= 4 is 34.6 Å². The Morgan fingerprint density at radius 1 is 1.28 bits per heavy atom. The minimum atomic E-state index is -0.383. The summed E-state index contributed by atoms with van der Waals surface area (Å²) in [6.07, 6.45) is 2.77. The SMILES string of the molecule is [C-]#[N+]c1c(N)ncnc1N[C@H](C)c1cc2ncc(Cl)n2nc1-c1cccc(F)c1. The number of hydrogen-bond donors (Lipinski definition) is 2. The lowest BCUT2D eigenvalue weighted by Crippen LogP contribution is -2.12. The van der Waals surface area contributed by atoms with Gasteiger partial charge in [-0.1, -0.05) is 23.7 Å². The summed E-state index contributed by atoms with van der Waals surface area (Å²) in [4.78, 5) is 15.6. The highest BCUT2D eigenvalue weighted by Crippen LogP contribution is 2.34. The number of halogens is 2. The van der Waals surface area contributed by atoms with Gasteiger partial charge in [0.25, 0.3) is 5.69 Å². The normalized spacial score (nSPS) is 11.9. The minimum Gasteiger partial charge on any atom is -0.392 e. The van der Waals surface area contributed by atoms with Crippen molar-refractivity contribution in [1.82, 2.24) is 24.6 Å². The summed E-state index contributed by atoms with van der Waals surface area (Å²) in [5.74, 6) is 0.00154. The van der Waals surface area contributed by atoms with Gasteiger partial charge in [0.15, 0.2) is 10.8 Å². The molecule has 0 fully saturated rings. The highest BCUT2D eigenvalue weighted by Gasteiger charge is 2.20. The van der Waals surface area contributed by atoms with Gasteiger partial charge < -0.3 is 11.1 Å². The van der Waals surface area contributed by atoms with Crippen LogP contribution in [0.15, 0.2) is 42.9 Å². The molecule has 0 saturated heterocycles. The van der Waals surface area contributed by atoms with Crippen LogP contribution in [0.2, 0.25) is 5.15 Å². The van der Waals surface area contributed by atoms with Crippen molar-refractivity contribution in [2.24, 2.45) is 0 Å². The minimum absolute atomic E-state index is 0.0867. The molecule has 1 atom stereocenters. The van der Waals surface area contributed by atoms with Crippen LogP contribution in [0, 0.1) is 12.4 Å². The van der Waals surface area contributed by atoms with Crippen molar-refractivity contribution in [2.45, 2.75) is 13.0 Å². The molecule has 3 heterocycles. The first kappa shape index (κ1) is 18.6. The average Bonchev–Trinajstić information content (AvgIpc) is 3.07. The van der Waals surface area contributed by atoms with Crippen molar-refractivity contribution < 1.29 is 4.39 Å². The molecule has 0 aliphatic heterocycles. The topological polar surface area (TPSA) is 98.4 Å². The van der Waals surface area contributed by atoms with E-state index in [0.29, 0.717) is 27.9 Å². The number of aromatic nitrogens is 5. The lowest BCUT2D eigenvalue weighted by Gasteiger charge is -2.19. The predicted octanol–water partition coefficient (Wildman–Crippen LogP) is 4.28. The van der Waals surface area contributed by atoms with Gasteiger partial charge in [-0.2, -0.15) is 5.10 Å². The molecule has 4 aromatic rings. The first-order valence-corrected chi connectivity index (χ1v) is 8.90. The largest absolute Gasteiger partial charge is 0.392 e. The van der Waals surface area contributed by atoms with E-state index in [0.717, 1.165) is 5.56 Å². The van der Waals surface area contributed by atoms with Gasteiger partial charge >= 0.3 is 0 Å². The summed E-state index contributed by atoms with van der Waals surface area (Å²) in [7, 11) is 0. The third-order valence-electron chi connectivity index (χ3n) is 4.36. The molecule has 0 aliphatic rings. The van der Waals surface area contributed by atoms with E-state index in [1.807, 2.05) is 6.92 Å². The molecule has 1 aromatic carbocycles. The predicted molar refractivity (Wildman–Crippen MR) is 108 cm³/mol. The van der Waals surface area contributed by atoms with Crippen LogP contribution in [0.1, 0.15) is 18.5 Å². The van der Waals surface area contributed by atoms with Crippen molar-refractivity contribution in [3.63, 3.8) is 0 Å². The number of nitrogens with two attached hydrogens (primary N) is 1. The van der Waals surface area contributed by atoms with E-state index < -0.39 is 0 Å². The Kier molecular flexibility index (Phi) is 4.70. The van der Waals surface area contributed by atoms with E-state index in [-0.39, 0.29) is 23.4 Å². The van der Waals surface area contributed by atoms with E-state index in [4.69, 9.17) is 23.9 Å². The van der Waals surface area contributed by atoms with Gasteiger partial charge in [-0.3, -0.25) is 0 Å². The monoisotopic (exact) mass is 408 g/mol. The molecule has 29 heavy (non-hydrogen) atoms. The standard InChI is InChI=1S/C19H14ClFN8/c1-10(27-19-17(23-2)18(22)25-9-26-19)13-7-15-24-8-14(20)29(15)28-16(13)11-4-3-5-12(21)6-11/h3-10H,1H3,(H3,22,25,26,27)/t10-/m1/s1. The van der Waals surface area contributed by atoms with Gasteiger partial charge in [0.2, 0.25) is 0 Å². The quantitative estimate of drug-likeness (QED) is 0.489. The van der Waals surface area contributed by atoms with Crippen LogP contribution in [0.5, 0.6) is 0 Å². The Balaban J connectivity index is 1.85. The molecular weight excluding hydrogens is 395 g/mol. The Morgan fingerprint density at radius 3 is 2.86 bits per heavy atom. The van der Waals surface area contributed by atoms with Crippen LogP contribution < -0.4 is 11.1 Å². The van der Waals surface area contributed by atoms with Crippen LogP contribution in [-0.2, 0) is 0 Å². The van der Waals surface area contributed by atoms with Gasteiger partial charge in [-0.05, 0) is 25.1 Å². The maximum Gasteiger partial charge on any atom is 0.268 e. The molecule has 3 N–H and O–H groups in total. The van der Waals surface area contributed by atoms with Crippen LogP contribution in [0.3, 0.4) is 0 Å². The van der Waals surface area contributed by atoms with E-state index in [1.54, 1.807) is 18.2 Å². The van der Waals surface area contributed by atoms with Gasteiger partial charge in [0, 0.05) is 11.1 Å². The number of hydrogen-bond acceptors (Lipinski definition) is 6. The molecule has 4 rings (SSSR count). The first-order valence-electron chi connectivity index (χ1n) is 8.52. The maximum atomic E-state index is 13.9.